The summed E-state index contributed by atoms with van der Waals surface area (Å²) in [7, 11) is 1.43. The number of halogens is 1. The average Bonchev–Trinajstić information content (AvgIpc) is 2.48. The van der Waals surface area contributed by atoms with Gasteiger partial charge in [-0.1, -0.05) is 11.6 Å². The lowest BCUT2D eigenvalue weighted by molar-refractivity contribution is 0.399. The van der Waals surface area contributed by atoms with Crippen molar-refractivity contribution in [1.82, 2.24) is 0 Å². The molecule has 106 valence electrons. The molecule has 0 aliphatic rings. The molecule has 3 rings (SSSR count). The fourth-order valence-corrected chi connectivity index (χ4v) is 2.30. The van der Waals surface area contributed by atoms with Crippen LogP contribution in [0.15, 0.2) is 51.7 Å². The molecule has 0 unspecified atom stereocenters. The number of nitrogen functional groups attached to an aromatic ring is 1. The van der Waals surface area contributed by atoms with Crippen LogP contribution in [0, 0.1) is 0 Å². The first-order valence-electron chi connectivity index (χ1n) is 6.26. The summed E-state index contributed by atoms with van der Waals surface area (Å²) >= 11 is 5.88. The lowest BCUT2D eigenvalue weighted by atomic mass is 10.1. The summed E-state index contributed by atoms with van der Waals surface area (Å²) < 4.78 is 11.1. The topological polar surface area (TPSA) is 65.5 Å². The molecule has 5 heteroatoms. The smallest absolute Gasteiger partial charge is 0.235 e. The fraction of sp³-hybridized carbons (Fsp3) is 0.0625. The third-order valence-electron chi connectivity index (χ3n) is 3.18. The lowest BCUT2D eigenvalue weighted by Crippen LogP contribution is -2.08. The summed E-state index contributed by atoms with van der Waals surface area (Å²) in [5.74, 6) is 0.520. The van der Waals surface area contributed by atoms with Crippen LogP contribution in [-0.4, -0.2) is 7.11 Å². The Morgan fingerprint density at radius 1 is 1.14 bits per heavy atom. The van der Waals surface area contributed by atoms with E-state index in [1.165, 1.54) is 7.11 Å². The second-order valence-electron chi connectivity index (χ2n) is 4.56. The quantitative estimate of drug-likeness (QED) is 0.733. The average molecular weight is 302 g/mol. The first-order chi connectivity index (χ1) is 10.1. The minimum atomic E-state index is -0.254. The predicted molar refractivity (Wildman–Crippen MR) is 83.9 cm³/mol. The van der Waals surface area contributed by atoms with Gasteiger partial charge < -0.3 is 14.9 Å². The molecule has 0 bridgehead atoms. The summed E-state index contributed by atoms with van der Waals surface area (Å²) in [6, 6.07) is 11.9. The van der Waals surface area contributed by atoms with E-state index in [0.29, 0.717) is 33.0 Å². The molecule has 0 atom stereocenters. The molecule has 4 nitrogen and oxygen atoms in total. The highest BCUT2D eigenvalue weighted by Crippen LogP contribution is 2.31. The van der Waals surface area contributed by atoms with Crippen molar-refractivity contribution in [1.29, 1.82) is 0 Å². The van der Waals surface area contributed by atoms with E-state index in [1.807, 2.05) is 0 Å². The van der Waals surface area contributed by atoms with Gasteiger partial charge in [-0.25, -0.2) is 0 Å². The summed E-state index contributed by atoms with van der Waals surface area (Å²) in [6.45, 7) is 0. The second kappa shape index (κ2) is 5.14. The van der Waals surface area contributed by atoms with Crippen molar-refractivity contribution in [2.75, 3.05) is 12.8 Å². The van der Waals surface area contributed by atoms with E-state index < -0.39 is 0 Å². The number of fused-ring (bicyclic) bond motifs is 1. The van der Waals surface area contributed by atoms with Crippen molar-refractivity contribution in [3.63, 3.8) is 0 Å². The molecule has 2 N–H and O–H groups in total. The number of rotatable bonds is 2. The van der Waals surface area contributed by atoms with Crippen molar-refractivity contribution >= 4 is 28.3 Å². The molecular weight excluding hydrogens is 290 g/mol. The number of methoxy groups -OCH3 is 1. The number of anilines is 1. The fourth-order valence-electron chi connectivity index (χ4n) is 2.17. The van der Waals surface area contributed by atoms with E-state index in [2.05, 4.69) is 0 Å². The zero-order valence-corrected chi connectivity index (χ0v) is 12.0. The van der Waals surface area contributed by atoms with Crippen LogP contribution in [0.25, 0.3) is 22.3 Å². The van der Waals surface area contributed by atoms with Gasteiger partial charge in [0.1, 0.15) is 5.58 Å². The SMILES string of the molecule is COc1c(-c2ccc(Cl)cc2)oc2ccc(N)cc2c1=O. The number of benzene rings is 2. The molecule has 0 saturated carbocycles. The van der Waals surface area contributed by atoms with Crippen molar-refractivity contribution < 1.29 is 9.15 Å². The molecule has 1 heterocycles. The number of ether oxygens (including phenoxy) is 1. The van der Waals surface area contributed by atoms with Crippen LogP contribution in [0.3, 0.4) is 0 Å². The van der Waals surface area contributed by atoms with Gasteiger partial charge in [0.25, 0.3) is 0 Å². The Morgan fingerprint density at radius 3 is 2.52 bits per heavy atom. The van der Waals surface area contributed by atoms with Gasteiger partial charge in [0.2, 0.25) is 11.2 Å². The van der Waals surface area contributed by atoms with Gasteiger partial charge in [-0.15, -0.1) is 0 Å². The Hall–Kier alpha value is -2.46. The van der Waals surface area contributed by atoms with Gasteiger partial charge in [0.05, 0.1) is 12.5 Å². The van der Waals surface area contributed by atoms with Crippen molar-refractivity contribution in [3.05, 3.63) is 57.7 Å². The van der Waals surface area contributed by atoms with E-state index in [9.17, 15) is 4.79 Å². The zero-order valence-electron chi connectivity index (χ0n) is 11.2. The molecule has 21 heavy (non-hydrogen) atoms. The van der Waals surface area contributed by atoms with Crippen LogP contribution in [0.4, 0.5) is 5.69 Å². The first kappa shape index (κ1) is 13.5. The van der Waals surface area contributed by atoms with Crippen molar-refractivity contribution in [2.24, 2.45) is 0 Å². The van der Waals surface area contributed by atoms with Crippen LogP contribution in [0.5, 0.6) is 5.75 Å². The van der Waals surface area contributed by atoms with Crippen molar-refractivity contribution in [2.45, 2.75) is 0 Å². The van der Waals surface area contributed by atoms with E-state index in [0.717, 1.165) is 0 Å². The predicted octanol–water partition coefficient (Wildman–Crippen LogP) is 3.70. The van der Waals surface area contributed by atoms with Gasteiger partial charge in [-0.2, -0.15) is 0 Å². The highest BCUT2D eigenvalue weighted by atomic mass is 35.5. The number of hydrogen-bond acceptors (Lipinski definition) is 4. The maximum absolute atomic E-state index is 12.5. The van der Waals surface area contributed by atoms with Gasteiger partial charge in [0.15, 0.2) is 5.76 Å². The van der Waals surface area contributed by atoms with E-state index in [1.54, 1.807) is 42.5 Å². The molecule has 0 fully saturated rings. The molecule has 0 amide bonds. The minimum absolute atomic E-state index is 0.149. The molecule has 3 aromatic rings. The molecule has 0 aliphatic heterocycles. The summed E-state index contributed by atoms with van der Waals surface area (Å²) in [5.41, 5.74) is 7.13. The lowest BCUT2D eigenvalue weighted by Gasteiger charge is -2.09. The summed E-state index contributed by atoms with van der Waals surface area (Å²) in [4.78, 5) is 12.5. The van der Waals surface area contributed by atoms with E-state index in [-0.39, 0.29) is 11.2 Å². The Balaban J connectivity index is 2.34. The molecule has 0 radical (unpaired) electrons. The van der Waals surface area contributed by atoms with Crippen LogP contribution >= 0.6 is 11.6 Å². The van der Waals surface area contributed by atoms with Crippen LogP contribution in [-0.2, 0) is 0 Å². The van der Waals surface area contributed by atoms with Crippen LogP contribution < -0.4 is 15.9 Å². The first-order valence-corrected chi connectivity index (χ1v) is 6.64. The van der Waals surface area contributed by atoms with E-state index in [4.69, 9.17) is 26.5 Å². The number of nitrogens with two attached hydrogens (primary N) is 1. The molecule has 1 aromatic heterocycles. The van der Waals surface area contributed by atoms with Crippen molar-refractivity contribution in [3.8, 4) is 17.1 Å². The number of hydrogen-bond donors (Lipinski definition) is 1. The maximum Gasteiger partial charge on any atom is 0.235 e. The molecule has 0 spiro atoms. The third kappa shape index (κ3) is 2.34. The molecular formula is C16H12ClNO3. The standard InChI is InChI=1S/C16H12ClNO3/c1-20-16-14(19)12-8-11(18)6-7-13(12)21-15(16)9-2-4-10(17)5-3-9/h2-8H,18H2,1H3. The Bertz CT molecular complexity index is 869. The van der Waals surface area contributed by atoms with Gasteiger partial charge in [-0.05, 0) is 42.5 Å². The maximum atomic E-state index is 12.5. The van der Waals surface area contributed by atoms with Crippen LogP contribution in [0.1, 0.15) is 0 Å². The van der Waals surface area contributed by atoms with Crippen LogP contribution in [0.2, 0.25) is 5.02 Å². The minimum Gasteiger partial charge on any atom is -0.490 e. The second-order valence-corrected chi connectivity index (χ2v) is 4.99. The van der Waals surface area contributed by atoms with Gasteiger partial charge in [0, 0.05) is 16.3 Å². The zero-order chi connectivity index (χ0) is 15.0. The Morgan fingerprint density at radius 2 is 1.86 bits per heavy atom. The molecule has 0 aliphatic carbocycles. The molecule has 2 aromatic carbocycles. The van der Waals surface area contributed by atoms with E-state index >= 15 is 0 Å². The summed E-state index contributed by atoms with van der Waals surface area (Å²) in [5, 5.41) is 0.998. The van der Waals surface area contributed by atoms with Gasteiger partial charge in [-0.3, -0.25) is 4.79 Å². The Labute approximate surface area is 125 Å². The monoisotopic (exact) mass is 301 g/mol. The highest BCUT2D eigenvalue weighted by Gasteiger charge is 2.16. The normalized spacial score (nSPS) is 10.8. The Kier molecular flexibility index (Phi) is 3.31. The highest BCUT2D eigenvalue weighted by molar-refractivity contribution is 6.30. The third-order valence-corrected chi connectivity index (χ3v) is 3.44. The summed E-state index contributed by atoms with van der Waals surface area (Å²) in [6.07, 6.45) is 0. The largest absolute Gasteiger partial charge is 0.490 e. The van der Waals surface area contributed by atoms with Gasteiger partial charge >= 0.3 is 0 Å². The molecule has 0 saturated heterocycles.